The second-order valence-corrected chi connectivity index (χ2v) is 9.35. The average Bonchev–Trinajstić information content (AvgIpc) is 3.05. The standard InChI is InChI=1S/C22H17N3.C6H7N.3C3H8.C2H6/c23-19-13-7-12-18(14-19)22-24-20(16-8-3-1-4-9-16)15-21(25-22)17-10-5-2-6-11-17;7-6-4-2-1-3-5-6;3*1-3-2;1-2/h1-15H,23H2;1-5H,7H2;3*3H2,1-2H3;1-2H3. The van der Waals surface area contributed by atoms with Gasteiger partial charge in [0.25, 0.3) is 0 Å². The van der Waals surface area contributed by atoms with Crippen LogP contribution in [-0.4, -0.2) is 9.97 Å². The van der Waals surface area contributed by atoms with Gasteiger partial charge in [-0.15, -0.1) is 0 Å². The van der Waals surface area contributed by atoms with Gasteiger partial charge in [0.2, 0.25) is 0 Å². The molecule has 43 heavy (non-hydrogen) atoms. The van der Waals surface area contributed by atoms with Gasteiger partial charge in [-0.1, -0.05) is 166 Å². The zero-order valence-electron chi connectivity index (χ0n) is 27.7. The number of para-hydroxylation sites is 1. The van der Waals surface area contributed by atoms with Crippen LogP contribution in [0.2, 0.25) is 0 Å². The van der Waals surface area contributed by atoms with Gasteiger partial charge in [0.15, 0.2) is 5.82 Å². The summed E-state index contributed by atoms with van der Waals surface area (Å²) in [6, 6.07) is 39.5. The number of benzene rings is 4. The molecule has 0 atom stereocenters. The van der Waals surface area contributed by atoms with Crippen LogP contribution in [0.4, 0.5) is 11.4 Å². The molecule has 230 valence electrons. The van der Waals surface area contributed by atoms with E-state index in [4.69, 9.17) is 21.4 Å². The van der Waals surface area contributed by atoms with Crippen LogP contribution in [0.25, 0.3) is 33.9 Å². The molecule has 0 saturated heterocycles. The van der Waals surface area contributed by atoms with Crippen LogP contribution in [0.5, 0.6) is 0 Å². The predicted octanol–water partition coefficient (Wildman–Crippen LogP) is 11.6. The Morgan fingerprint density at radius 3 is 1.07 bits per heavy atom. The minimum absolute atomic E-state index is 0.674. The number of nitrogen functional groups attached to an aromatic ring is 2. The third-order valence-electron chi connectivity index (χ3n) is 4.81. The zero-order chi connectivity index (χ0) is 32.3. The highest BCUT2D eigenvalue weighted by Gasteiger charge is 2.10. The SMILES string of the molecule is CC.CCC.CCC.CCC.Nc1cccc(-c2nc(-c3ccccc3)cc(-c3ccccc3)n2)c1.Nc1ccccc1. The summed E-state index contributed by atoms with van der Waals surface area (Å²) >= 11 is 0. The van der Waals surface area contributed by atoms with Gasteiger partial charge in [0.05, 0.1) is 11.4 Å². The molecule has 4 nitrogen and oxygen atoms in total. The molecule has 5 rings (SSSR count). The average molecular weight is 579 g/mol. The maximum atomic E-state index is 5.94. The Balaban J connectivity index is 0.000000808. The summed E-state index contributed by atoms with van der Waals surface area (Å²) in [5.41, 5.74) is 17.6. The molecule has 4 N–H and O–H groups in total. The van der Waals surface area contributed by atoms with Crippen molar-refractivity contribution < 1.29 is 0 Å². The number of hydrogen-bond donors (Lipinski definition) is 2. The van der Waals surface area contributed by atoms with Crippen molar-refractivity contribution in [2.24, 2.45) is 0 Å². The highest BCUT2D eigenvalue weighted by atomic mass is 14.9. The van der Waals surface area contributed by atoms with Gasteiger partial charge in [0.1, 0.15) is 0 Å². The number of aromatic nitrogens is 2. The lowest BCUT2D eigenvalue weighted by Gasteiger charge is -2.09. The van der Waals surface area contributed by atoms with Crippen molar-refractivity contribution in [2.45, 2.75) is 74.7 Å². The number of nitrogens with zero attached hydrogens (tertiary/aromatic N) is 2. The molecule has 0 bridgehead atoms. The quantitative estimate of drug-likeness (QED) is 0.209. The van der Waals surface area contributed by atoms with Gasteiger partial charge in [-0.25, -0.2) is 9.97 Å². The summed E-state index contributed by atoms with van der Waals surface area (Å²) in [7, 11) is 0. The van der Waals surface area contributed by atoms with Gasteiger partial charge in [-0.05, 0) is 30.3 Å². The number of hydrogen-bond acceptors (Lipinski definition) is 4. The Morgan fingerprint density at radius 1 is 0.419 bits per heavy atom. The van der Waals surface area contributed by atoms with Crippen molar-refractivity contribution >= 4 is 11.4 Å². The number of nitrogens with two attached hydrogens (primary N) is 2. The highest BCUT2D eigenvalue weighted by Crippen LogP contribution is 2.27. The monoisotopic (exact) mass is 578 g/mol. The summed E-state index contributed by atoms with van der Waals surface area (Å²) in [5, 5.41) is 0. The van der Waals surface area contributed by atoms with E-state index in [1.807, 2.05) is 111 Å². The molecule has 0 aliphatic heterocycles. The summed E-state index contributed by atoms with van der Waals surface area (Å²) in [6.45, 7) is 16.8. The van der Waals surface area contributed by atoms with Crippen LogP contribution in [0.1, 0.15) is 74.7 Å². The Morgan fingerprint density at radius 2 is 0.744 bits per heavy atom. The fourth-order valence-electron chi connectivity index (χ4n) is 3.22. The molecule has 0 fully saturated rings. The van der Waals surface area contributed by atoms with Crippen molar-refractivity contribution in [3.05, 3.63) is 121 Å². The molecule has 0 radical (unpaired) electrons. The second-order valence-electron chi connectivity index (χ2n) is 9.35. The van der Waals surface area contributed by atoms with E-state index in [0.29, 0.717) is 11.5 Å². The number of rotatable bonds is 3. The van der Waals surface area contributed by atoms with E-state index in [1.54, 1.807) is 0 Å². The molecular weight excluding hydrogens is 524 g/mol. The topological polar surface area (TPSA) is 77.8 Å². The molecule has 0 spiro atoms. The highest BCUT2D eigenvalue weighted by molar-refractivity contribution is 5.72. The summed E-state index contributed by atoms with van der Waals surface area (Å²) < 4.78 is 0. The minimum atomic E-state index is 0.674. The van der Waals surface area contributed by atoms with E-state index in [2.05, 4.69) is 65.8 Å². The molecule has 4 aromatic carbocycles. The van der Waals surface area contributed by atoms with Crippen molar-refractivity contribution in [3.63, 3.8) is 0 Å². The summed E-state index contributed by atoms with van der Waals surface area (Å²) in [6.07, 6.45) is 3.75. The molecular formula is C39H54N4. The third-order valence-corrected chi connectivity index (χ3v) is 4.81. The molecule has 5 aromatic rings. The zero-order valence-corrected chi connectivity index (χ0v) is 27.7. The van der Waals surface area contributed by atoms with Crippen molar-refractivity contribution in [1.29, 1.82) is 0 Å². The first kappa shape index (κ1) is 38.6. The maximum absolute atomic E-state index is 5.94. The number of anilines is 2. The molecule has 0 aliphatic rings. The van der Waals surface area contributed by atoms with Crippen LogP contribution in [0.3, 0.4) is 0 Å². The van der Waals surface area contributed by atoms with Crippen LogP contribution in [0, 0.1) is 0 Å². The fourth-order valence-corrected chi connectivity index (χ4v) is 3.22. The first-order valence-electron chi connectivity index (χ1n) is 15.6. The molecule has 0 amide bonds. The smallest absolute Gasteiger partial charge is 0.160 e. The maximum Gasteiger partial charge on any atom is 0.160 e. The molecule has 1 heterocycles. The molecule has 0 unspecified atom stereocenters. The van der Waals surface area contributed by atoms with Crippen LogP contribution >= 0.6 is 0 Å². The first-order chi connectivity index (χ1) is 20.9. The van der Waals surface area contributed by atoms with Gasteiger partial charge >= 0.3 is 0 Å². The lowest BCUT2D eigenvalue weighted by atomic mass is 10.1. The van der Waals surface area contributed by atoms with Crippen molar-refractivity contribution in [1.82, 2.24) is 9.97 Å². The largest absolute Gasteiger partial charge is 0.399 e. The molecule has 0 aliphatic carbocycles. The van der Waals surface area contributed by atoms with Crippen molar-refractivity contribution in [2.75, 3.05) is 11.5 Å². The Hall–Kier alpha value is -4.44. The van der Waals surface area contributed by atoms with E-state index in [1.165, 1.54) is 19.3 Å². The Kier molecular flexibility index (Phi) is 22.7. The second kappa shape index (κ2) is 25.3. The normalized spacial score (nSPS) is 8.93. The van der Waals surface area contributed by atoms with Gasteiger partial charge in [-0.3, -0.25) is 0 Å². The van der Waals surface area contributed by atoms with E-state index in [-0.39, 0.29) is 0 Å². The summed E-state index contributed by atoms with van der Waals surface area (Å²) in [4.78, 5) is 9.55. The van der Waals surface area contributed by atoms with Gasteiger partial charge in [0, 0.05) is 28.1 Å². The summed E-state index contributed by atoms with van der Waals surface area (Å²) in [5.74, 6) is 0.674. The van der Waals surface area contributed by atoms with E-state index >= 15 is 0 Å². The Labute approximate surface area is 262 Å². The van der Waals surface area contributed by atoms with Crippen molar-refractivity contribution in [3.8, 4) is 33.9 Å². The lowest BCUT2D eigenvalue weighted by molar-refractivity contribution is 1.09. The predicted molar refractivity (Wildman–Crippen MR) is 193 cm³/mol. The van der Waals surface area contributed by atoms with Gasteiger partial charge < -0.3 is 11.5 Å². The van der Waals surface area contributed by atoms with Gasteiger partial charge in [-0.2, -0.15) is 0 Å². The van der Waals surface area contributed by atoms with E-state index in [0.717, 1.165) is 33.8 Å². The van der Waals surface area contributed by atoms with Crippen LogP contribution in [0.15, 0.2) is 121 Å². The fraction of sp³-hybridized carbons (Fsp3) is 0.282. The molecule has 1 aromatic heterocycles. The molecule has 4 heteroatoms. The van der Waals surface area contributed by atoms with Crippen LogP contribution in [-0.2, 0) is 0 Å². The Bertz CT molecular complexity index is 1260. The lowest BCUT2D eigenvalue weighted by Crippen LogP contribution is -1.96. The third kappa shape index (κ3) is 16.6. The van der Waals surface area contributed by atoms with E-state index < -0.39 is 0 Å². The molecule has 0 saturated carbocycles. The first-order valence-corrected chi connectivity index (χ1v) is 15.6. The minimum Gasteiger partial charge on any atom is -0.399 e. The van der Waals surface area contributed by atoms with Crippen LogP contribution < -0.4 is 11.5 Å². The van der Waals surface area contributed by atoms with E-state index in [9.17, 15) is 0 Å².